The van der Waals surface area contributed by atoms with E-state index in [4.69, 9.17) is 4.98 Å². The van der Waals surface area contributed by atoms with Crippen LogP contribution in [0.4, 0.5) is 0 Å². The van der Waals surface area contributed by atoms with Crippen LogP contribution in [0.3, 0.4) is 0 Å². The number of nitrogens with one attached hydrogen (secondary N) is 2. The maximum Gasteiger partial charge on any atom is 0.191 e. The summed E-state index contributed by atoms with van der Waals surface area (Å²) in [7, 11) is 1.82. The highest BCUT2D eigenvalue weighted by atomic mass is 127. The number of aliphatic imine (C=N–C) groups is 1. The fourth-order valence-electron chi connectivity index (χ4n) is 3.10. The Morgan fingerprint density at radius 3 is 2.73 bits per heavy atom. The van der Waals surface area contributed by atoms with Gasteiger partial charge in [-0.05, 0) is 32.7 Å². The third kappa shape index (κ3) is 7.68. The van der Waals surface area contributed by atoms with Crippen molar-refractivity contribution >= 4 is 41.3 Å². The molecule has 0 bridgehead atoms. The molecule has 1 unspecified atom stereocenters. The molecular formula is C19H36IN5S. The Balaban J connectivity index is 0.00000338. The molecule has 1 fully saturated rings. The molecule has 26 heavy (non-hydrogen) atoms. The molecule has 1 atom stereocenters. The Kier molecular flexibility index (Phi) is 10.4. The van der Waals surface area contributed by atoms with E-state index in [1.807, 2.05) is 7.05 Å². The van der Waals surface area contributed by atoms with Crippen LogP contribution >= 0.6 is 35.3 Å². The summed E-state index contributed by atoms with van der Waals surface area (Å²) >= 11 is 1.71. The third-order valence-electron chi connectivity index (χ3n) is 4.81. The zero-order chi connectivity index (χ0) is 18.3. The molecule has 1 aliphatic heterocycles. The number of piperidine rings is 1. The van der Waals surface area contributed by atoms with Crippen molar-refractivity contribution in [2.45, 2.75) is 71.4 Å². The van der Waals surface area contributed by atoms with E-state index in [9.17, 15) is 0 Å². The van der Waals surface area contributed by atoms with Gasteiger partial charge in [0.15, 0.2) is 5.96 Å². The zero-order valence-corrected chi connectivity index (χ0v) is 20.1. The second-order valence-electron chi connectivity index (χ2n) is 7.96. The predicted octanol–water partition coefficient (Wildman–Crippen LogP) is 3.99. The Hall–Kier alpha value is -0.410. The summed E-state index contributed by atoms with van der Waals surface area (Å²) in [6, 6.07) is 0.744. The first-order valence-electron chi connectivity index (χ1n) is 9.53. The van der Waals surface area contributed by atoms with Crippen molar-refractivity contribution in [2.75, 3.05) is 26.7 Å². The highest BCUT2D eigenvalue weighted by Crippen LogP contribution is 2.23. The maximum absolute atomic E-state index is 4.72. The van der Waals surface area contributed by atoms with E-state index in [-0.39, 0.29) is 29.4 Å². The van der Waals surface area contributed by atoms with Crippen LogP contribution in [0.1, 0.15) is 64.1 Å². The summed E-state index contributed by atoms with van der Waals surface area (Å²) in [5.74, 6) is 0.860. The standard InChI is InChI=1S/C19H35N5S.HI/c1-15-9-6-7-11-24(15)12-8-10-21-18(20-5)22-13-17-23-16(14-25-17)19(2,3)4;/h14-15H,6-13H2,1-5H3,(H2,20,21,22);1H. The molecule has 0 saturated carbocycles. The lowest BCUT2D eigenvalue weighted by Gasteiger charge is -2.33. The number of thiazole rings is 1. The van der Waals surface area contributed by atoms with Crippen molar-refractivity contribution in [3.63, 3.8) is 0 Å². The fraction of sp³-hybridized carbons (Fsp3) is 0.789. The minimum absolute atomic E-state index is 0. The van der Waals surface area contributed by atoms with Gasteiger partial charge in [0, 0.05) is 37.0 Å². The van der Waals surface area contributed by atoms with E-state index in [2.05, 4.69) is 53.6 Å². The third-order valence-corrected chi connectivity index (χ3v) is 5.65. The molecule has 7 heteroatoms. The largest absolute Gasteiger partial charge is 0.356 e. The van der Waals surface area contributed by atoms with Crippen LogP contribution in [0, 0.1) is 0 Å². The van der Waals surface area contributed by atoms with E-state index < -0.39 is 0 Å². The molecule has 0 aliphatic carbocycles. The number of nitrogens with zero attached hydrogens (tertiary/aromatic N) is 3. The van der Waals surface area contributed by atoms with Crippen molar-refractivity contribution in [2.24, 2.45) is 4.99 Å². The number of rotatable bonds is 6. The molecule has 1 aliphatic rings. The summed E-state index contributed by atoms with van der Waals surface area (Å²) in [4.78, 5) is 11.7. The Morgan fingerprint density at radius 1 is 1.35 bits per heavy atom. The molecule has 1 aromatic heterocycles. The molecule has 0 spiro atoms. The predicted molar refractivity (Wildman–Crippen MR) is 124 cm³/mol. The van der Waals surface area contributed by atoms with Crippen LogP contribution in [0.15, 0.2) is 10.4 Å². The molecule has 5 nitrogen and oxygen atoms in total. The molecule has 0 aromatic carbocycles. The molecule has 0 amide bonds. The van der Waals surface area contributed by atoms with Crippen LogP contribution in [0.2, 0.25) is 0 Å². The van der Waals surface area contributed by atoms with Gasteiger partial charge in [-0.15, -0.1) is 35.3 Å². The van der Waals surface area contributed by atoms with E-state index in [1.165, 1.54) is 32.4 Å². The van der Waals surface area contributed by atoms with Gasteiger partial charge in [0.25, 0.3) is 0 Å². The molecule has 150 valence electrons. The van der Waals surface area contributed by atoms with Crippen LogP contribution < -0.4 is 10.6 Å². The summed E-state index contributed by atoms with van der Waals surface area (Å²) in [6.07, 6.45) is 5.24. The highest BCUT2D eigenvalue weighted by molar-refractivity contribution is 14.0. The number of likely N-dealkylation sites (tertiary alicyclic amines) is 1. The van der Waals surface area contributed by atoms with Gasteiger partial charge in [0.05, 0.1) is 12.2 Å². The quantitative estimate of drug-likeness (QED) is 0.273. The van der Waals surface area contributed by atoms with Crippen molar-refractivity contribution < 1.29 is 0 Å². The van der Waals surface area contributed by atoms with Crippen LogP contribution in [-0.2, 0) is 12.0 Å². The summed E-state index contributed by atoms with van der Waals surface area (Å²) < 4.78 is 0. The van der Waals surface area contributed by atoms with Crippen molar-refractivity contribution in [3.8, 4) is 0 Å². The van der Waals surface area contributed by atoms with Gasteiger partial charge in [0.1, 0.15) is 5.01 Å². The molecule has 2 N–H and O–H groups in total. The van der Waals surface area contributed by atoms with E-state index in [0.717, 1.165) is 42.2 Å². The number of hydrogen-bond donors (Lipinski definition) is 2. The van der Waals surface area contributed by atoms with Gasteiger partial charge in [-0.25, -0.2) is 4.98 Å². The lowest BCUT2D eigenvalue weighted by atomic mass is 9.93. The van der Waals surface area contributed by atoms with Crippen molar-refractivity contribution in [1.29, 1.82) is 0 Å². The normalized spacial score (nSPS) is 19.1. The van der Waals surface area contributed by atoms with Crippen LogP contribution in [-0.4, -0.2) is 48.6 Å². The van der Waals surface area contributed by atoms with Gasteiger partial charge in [-0.2, -0.15) is 0 Å². The smallest absolute Gasteiger partial charge is 0.191 e. The monoisotopic (exact) mass is 493 g/mol. The zero-order valence-electron chi connectivity index (χ0n) is 17.0. The van der Waals surface area contributed by atoms with Crippen molar-refractivity contribution in [1.82, 2.24) is 20.5 Å². The van der Waals surface area contributed by atoms with Gasteiger partial charge in [-0.1, -0.05) is 27.2 Å². The van der Waals surface area contributed by atoms with E-state index >= 15 is 0 Å². The minimum Gasteiger partial charge on any atom is -0.356 e. The Labute approximate surface area is 180 Å². The van der Waals surface area contributed by atoms with Crippen molar-refractivity contribution in [3.05, 3.63) is 16.1 Å². The minimum atomic E-state index is 0. The summed E-state index contributed by atoms with van der Waals surface area (Å²) in [5.41, 5.74) is 1.27. The maximum atomic E-state index is 4.72. The molecule has 1 saturated heterocycles. The number of guanidine groups is 1. The molecule has 0 radical (unpaired) electrons. The SMILES string of the molecule is CN=C(NCCCN1CCCCC1C)NCc1nc(C(C)(C)C)cs1.I. The first kappa shape index (κ1) is 23.6. The second-order valence-corrected chi connectivity index (χ2v) is 8.91. The van der Waals surface area contributed by atoms with Gasteiger partial charge >= 0.3 is 0 Å². The summed E-state index contributed by atoms with van der Waals surface area (Å²) in [5, 5.41) is 10.1. The molecule has 2 heterocycles. The van der Waals surface area contributed by atoms with Crippen LogP contribution in [0.5, 0.6) is 0 Å². The van der Waals surface area contributed by atoms with Gasteiger partial charge < -0.3 is 15.5 Å². The first-order chi connectivity index (χ1) is 11.9. The van der Waals surface area contributed by atoms with Crippen LogP contribution in [0.25, 0.3) is 0 Å². The summed E-state index contributed by atoms with van der Waals surface area (Å²) in [6.45, 7) is 13.1. The molecular weight excluding hydrogens is 457 g/mol. The number of aromatic nitrogens is 1. The lowest BCUT2D eigenvalue weighted by molar-refractivity contribution is 0.159. The average Bonchev–Trinajstić information content (AvgIpc) is 3.05. The number of hydrogen-bond acceptors (Lipinski definition) is 4. The van der Waals surface area contributed by atoms with Gasteiger partial charge in [-0.3, -0.25) is 4.99 Å². The fourth-order valence-corrected chi connectivity index (χ4v) is 4.06. The molecule has 2 rings (SSSR count). The topological polar surface area (TPSA) is 52.6 Å². The second kappa shape index (κ2) is 11.4. The van der Waals surface area contributed by atoms with E-state index in [0.29, 0.717) is 0 Å². The molecule has 1 aromatic rings. The lowest BCUT2D eigenvalue weighted by Crippen LogP contribution is -2.41. The first-order valence-corrected chi connectivity index (χ1v) is 10.4. The Bertz CT molecular complexity index is 552. The van der Waals surface area contributed by atoms with Gasteiger partial charge in [0.2, 0.25) is 0 Å². The van der Waals surface area contributed by atoms with E-state index in [1.54, 1.807) is 11.3 Å². The number of halogens is 1. The Morgan fingerprint density at radius 2 is 2.12 bits per heavy atom. The highest BCUT2D eigenvalue weighted by Gasteiger charge is 2.18. The average molecular weight is 494 g/mol.